The first-order chi connectivity index (χ1) is 11.7. The molecule has 1 aromatic heterocycles. The molecule has 3 heteroatoms. The second kappa shape index (κ2) is 7.93. The molecule has 0 saturated carbocycles. The highest BCUT2D eigenvalue weighted by Crippen LogP contribution is 2.19. The minimum Gasteiger partial charge on any atom is -0.439 e. The number of hydrogen-bond acceptors (Lipinski definition) is 2. The smallest absolute Gasteiger partial charge is 0.219 e. The molecule has 0 N–H and O–H groups in total. The van der Waals surface area contributed by atoms with E-state index in [-0.39, 0.29) is 9.52 Å². The average Bonchev–Trinajstić information content (AvgIpc) is 2.60. The van der Waals surface area contributed by atoms with Gasteiger partial charge in [0.05, 0.1) is 9.52 Å². The van der Waals surface area contributed by atoms with E-state index in [1.54, 1.807) is 5.19 Å². The molecule has 0 aliphatic rings. The van der Waals surface area contributed by atoms with Crippen LogP contribution in [-0.2, 0) is 0 Å². The first-order valence-electron chi connectivity index (χ1n) is 8.30. The van der Waals surface area contributed by atoms with Crippen molar-refractivity contribution in [2.75, 3.05) is 0 Å². The molecule has 1 radical (unpaired) electrons. The number of pyridine rings is 1. The van der Waals surface area contributed by atoms with Crippen LogP contribution in [0.2, 0.25) is 6.04 Å². The van der Waals surface area contributed by atoms with Crippen molar-refractivity contribution in [2.24, 2.45) is 0 Å². The van der Waals surface area contributed by atoms with Crippen molar-refractivity contribution in [3.8, 4) is 11.6 Å². The molecule has 0 saturated heterocycles. The van der Waals surface area contributed by atoms with E-state index in [2.05, 4.69) is 43.5 Å². The van der Waals surface area contributed by atoms with E-state index in [0.29, 0.717) is 5.88 Å². The Kier molecular flexibility index (Phi) is 5.44. The summed E-state index contributed by atoms with van der Waals surface area (Å²) in [5, 5.41) is 1.54. The van der Waals surface area contributed by atoms with Crippen molar-refractivity contribution in [3.63, 3.8) is 0 Å². The van der Waals surface area contributed by atoms with Gasteiger partial charge in [0.15, 0.2) is 0 Å². The van der Waals surface area contributed by atoms with Gasteiger partial charge in [0.1, 0.15) is 5.75 Å². The lowest BCUT2D eigenvalue weighted by Crippen LogP contribution is -2.18. The Bertz CT molecular complexity index is 802. The molecule has 0 atom stereocenters. The van der Waals surface area contributed by atoms with Crippen LogP contribution in [-0.4, -0.2) is 14.5 Å². The summed E-state index contributed by atoms with van der Waals surface area (Å²) in [6.45, 7) is 4.41. The van der Waals surface area contributed by atoms with E-state index in [1.165, 1.54) is 11.1 Å². The third kappa shape index (κ3) is 4.33. The Morgan fingerprint density at radius 3 is 2.54 bits per heavy atom. The van der Waals surface area contributed by atoms with Crippen molar-refractivity contribution in [3.05, 3.63) is 90.0 Å². The molecule has 0 unspecified atom stereocenters. The van der Waals surface area contributed by atoms with Crippen LogP contribution in [0.4, 0.5) is 0 Å². The van der Waals surface area contributed by atoms with Gasteiger partial charge < -0.3 is 4.74 Å². The molecule has 0 amide bonds. The lowest BCUT2D eigenvalue weighted by molar-refractivity contribution is 0.462. The first kappa shape index (κ1) is 16.5. The lowest BCUT2D eigenvalue weighted by atomic mass is 10.1. The van der Waals surface area contributed by atoms with E-state index in [9.17, 15) is 0 Å². The Hall–Kier alpha value is -2.39. The van der Waals surface area contributed by atoms with Crippen molar-refractivity contribution < 1.29 is 4.74 Å². The standard InChI is InChI=1S/C21H22NOSi/c1-16-8-6-12-20(17(16)2)24-15-14-18-9-7-13-21(22-18)23-19-10-4-3-5-11-19/h3-14H,15,24H2,1-2H3. The number of aryl methyl sites for hydroxylation is 1. The molecule has 1 heterocycles. The highest BCUT2D eigenvalue weighted by atomic mass is 28.2. The monoisotopic (exact) mass is 332 g/mol. The first-order valence-corrected chi connectivity index (χ1v) is 10.0. The fraction of sp³-hybridized carbons (Fsp3) is 0.143. The van der Waals surface area contributed by atoms with Crippen LogP contribution in [0.25, 0.3) is 0 Å². The molecule has 121 valence electrons. The van der Waals surface area contributed by atoms with Gasteiger partial charge in [0.2, 0.25) is 5.88 Å². The van der Waals surface area contributed by atoms with E-state index < -0.39 is 0 Å². The topological polar surface area (TPSA) is 22.1 Å². The summed E-state index contributed by atoms with van der Waals surface area (Å²) < 4.78 is 5.80. The second-order valence-electron chi connectivity index (χ2n) is 5.92. The molecule has 2 aromatic carbocycles. The zero-order valence-corrected chi connectivity index (χ0v) is 15.6. The lowest BCUT2D eigenvalue weighted by Gasteiger charge is -2.08. The van der Waals surface area contributed by atoms with Crippen LogP contribution in [0.15, 0.2) is 66.7 Å². The van der Waals surface area contributed by atoms with Crippen LogP contribution in [0.3, 0.4) is 0 Å². The highest BCUT2D eigenvalue weighted by Gasteiger charge is 2.04. The van der Waals surface area contributed by atoms with Gasteiger partial charge >= 0.3 is 0 Å². The molecular formula is C21H22NOSi. The summed E-state index contributed by atoms with van der Waals surface area (Å²) in [5.74, 6) is 1.45. The average molecular weight is 332 g/mol. The number of hydrogen-bond donors (Lipinski definition) is 0. The van der Waals surface area contributed by atoms with Crippen molar-refractivity contribution >= 4 is 14.7 Å². The van der Waals surface area contributed by atoms with Crippen LogP contribution in [0, 0.1) is 20.3 Å². The van der Waals surface area contributed by atoms with Crippen LogP contribution < -0.4 is 9.92 Å². The number of ether oxygens (including phenoxy) is 1. The van der Waals surface area contributed by atoms with Gasteiger partial charge in [-0.1, -0.05) is 47.7 Å². The number of benzene rings is 2. The SMILES string of the molecule is Cc1cccc([SiH2]C[CH]c2cccc(Oc3ccccc3)n2)c1C. The van der Waals surface area contributed by atoms with Gasteiger partial charge in [0, 0.05) is 18.2 Å². The fourth-order valence-electron chi connectivity index (χ4n) is 2.67. The quantitative estimate of drug-likeness (QED) is 0.638. The molecule has 0 fully saturated rings. The Labute approximate surface area is 146 Å². The maximum atomic E-state index is 5.80. The van der Waals surface area contributed by atoms with E-state index in [0.717, 1.165) is 17.5 Å². The van der Waals surface area contributed by atoms with Crippen LogP contribution >= 0.6 is 0 Å². The van der Waals surface area contributed by atoms with Gasteiger partial charge in [-0.25, -0.2) is 4.98 Å². The van der Waals surface area contributed by atoms with Gasteiger partial charge in [-0.2, -0.15) is 0 Å². The maximum Gasteiger partial charge on any atom is 0.219 e. The van der Waals surface area contributed by atoms with Crippen LogP contribution in [0.5, 0.6) is 11.6 Å². The molecule has 2 nitrogen and oxygen atoms in total. The zero-order valence-electron chi connectivity index (χ0n) is 14.2. The number of para-hydroxylation sites is 1. The maximum absolute atomic E-state index is 5.80. The fourth-order valence-corrected chi connectivity index (χ4v) is 4.38. The van der Waals surface area contributed by atoms with Gasteiger partial charge in [-0.05, 0) is 49.2 Å². The van der Waals surface area contributed by atoms with E-state index in [1.807, 2.05) is 48.5 Å². The summed E-state index contributed by atoms with van der Waals surface area (Å²) in [6.07, 6.45) is 2.23. The highest BCUT2D eigenvalue weighted by molar-refractivity contribution is 6.54. The van der Waals surface area contributed by atoms with E-state index >= 15 is 0 Å². The minimum absolute atomic E-state index is 0.311. The third-order valence-electron chi connectivity index (χ3n) is 4.19. The molecule has 0 aliphatic heterocycles. The van der Waals surface area contributed by atoms with Gasteiger partial charge in [-0.15, -0.1) is 0 Å². The predicted molar refractivity (Wildman–Crippen MR) is 103 cm³/mol. The van der Waals surface area contributed by atoms with E-state index in [4.69, 9.17) is 4.74 Å². The molecule has 0 bridgehead atoms. The molecule has 3 aromatic rings. The minimum atomic E-state index is -0.311. The van der Waals surface area contributed by atoms with Crippen molar-refractivity contribution in [2.45, 2.75) is 19.9 Å². The largest absolute Gasteiger partial charge is 0.439 e. The number of nitrogens with zero attached hydrogens (tertiary/aromatic N) is 1. The Morgan fingerprint density at radius 1 is 0.917 bits per heavy atom. The summed E-state index contributed by atoms with van der Waals surface area (Å²) >= 11 is 0. The molecule has 0 aliphatic carbocycles. The predicted octanol–water partition coefficient (Wildman–Crippen LogP) is 3.96. The zero-order chi connectivity index (χ0) is 16.8. The molecule has 0 spiro atoms. The molecule has 3 rings (SSSR count). The second-order valence-corrected chi connectivity index (χ2v) is 7.76. The van der Waals surface area contributed by atoms with Crippen molar-refractivity contribution in [1.82, 2.24) is 4.98 Å². The summed E-state index contributed by atoms with van der Waals surface area (Å²) in [4.78, 5) is 4.58. The summed E-state index contributed by atoms with van der Waals surface area (Å²) in [5.41, 5.74) is 3.82. The normalized spacial score (nSPS) is 11.1. The third-order valence-corrected chi connectivity index (χ3v) is 6.08. The molecule has 24 heavy (non-hydrogen) atoms. The summed E-state index contributed by atoms with van der Waals surface area (Å²) in [6, 6.07) is 23.4. The Balaban J connectivity index is 1.60. The molecular weight excluding hydrogens is 310 g/mol. The van der Waals surface area contributed by atoms with Gasteiger partial charge in [-0.3, -0.25) is 0 Å². The Morgan fingerprint density at radius 2 is 1.71 bits per heavy atom. The summed E-state index contributed by atoms with van der Waals surface area (Å²) in [7, 11) is -0.311. The number of rotatable bonds is 6. The number of aromatic nitrogens is 1. The van der Waals surface area contributed by atoms with Gasteiger partial charge in [0.25, 0.3) is 0 Å². The van der Waals surface area contributed by atoms with Crippen LogP contribution in [0.1, 0.15) is 16.8 Å². The van der Waals surface area contributed by atoms with Crippen molar-refractivity contribution in [1.29, 1.82) is 0 Å².